The molecule has 0 aliphatic rings. The van der Waals surface area contributed by atoms with Gasteiger partial charge in [0.2, 0.25) is 0 Å². The standard InChI is InChI=1S/C19H18ClN3S/c1-3-12-23-18(15-10-8-14(2)9-11-15)21-22-19(23)24-13-16-6-4-5-7-17(16)20/h3-11H,1,12-13H2,2H3. The molecule has 3 rings (SSSR count). The van der Waals surface area contributed by atoms with E-state index in [1.165, 1.54) is 5.56 Å². The van der Waals surface area contributed by atoms with E-state index in [9.17, 15) is 0 Å². The fourth-order valence-corrected chi connectivity index (χ4v) is 3.60. The fraction of sp³-hybridized carbons (Fsp3) is 0.158. The van der Waals surface area contributed by atoms with Gasteiger partial charge in [-0.25, -0.2) is 0 Å². The Balaban J connectivity index is 1.87. The zero-order valence-corrected chi connectivity index (χ0v) is 15.0. The lowest BCUT2D eigenvalue weighted by atomic mass is 10.1. The highest BCUT2D eigenvalue weighted by molar-refractivity contribution is 7.98. The van der Waals surface area contributed by atoms with Crippen molar-refractivity contribution < 1.29 is 0 Å². The second-order valence-electron chi connectivity index (χ2n) is 5.45. The number of rotatable bonds is 6. The highest BCUT2D eigenvalue weighted by Crippen LogP contribution is 2.28. The van der Waals surface area contributed by atoms with Gasteiger partial charge in [-0.05, 0) is 18.6 Å². The quantitative estimate of drug-likeness (QED) is 0.439. The number of hydrogen-bond acceptors (Lipinski definition) is 3. The molecule has 0 spiro atoms. The van der Waals surface area contributed by atoms with Crippen LogP contribution >= 0.6 is 23.4 Å². The van der Waals surface area contributed by atoms with Crippen LogP contribution in [0.5, 0.6) is 0 Å². The largest absolute Gasteiger partial charge is 0.298 e. The number of benzene rings is 2. The molecule has 0 radical (unpaired) electrons. The first-order chi connectivity index (χ1) is 11.7. The van der Waals surface area contributed by atoms with Crippen molar-refractivity contribution in [3.63, 3.8) is 0 Å². The van der Waals surface area contributed by atoms with Gasteiger partial charge in [0.15, 0.2) is 11.0 Å². The normalized spacial score (nSPS) is 10.8. The smallest absolute Gasteiger partial charge is 0.192 e. The van der Waals surface area contributed by atoms with Gasteiger partial charge in [-0.2, -0.15) is 0 Å². The third kappa shape index (κ3) is 3.71. The van der Waals surface area contributed by atoms with E-state index in [0.29, 0.717) is 6.54 Å². The molecule has 0 N–H and O–H groups in total. The van der Waals surface area contributed by atoms with Gasteiger partial charge in [-0.3, -0.25) is 4.57 Å². The maximum absolute atomic E-state index is 6.23. The maximum atomic E-state index is 6.23. The van der Waals surface area contributed by atoms with Crippen LogP contribution in [0.15, 0.2) is 66.3 Å². The summed E-state index contributed by atoms with van der Waals surface area (Å²) in [6.07, 6.45) is 1.86. The number of thioether (sulfide) groups is 1. The monoisotopic (exact) mass is 355 g/mol. The topological polar surface area (TPSA) is 30.7 Å². The molecule has 1 heterocycles. The molecule has 0 amide bonds. The van der Waals surface area contributed by atoms with Gasteiger partial charge in [0.05, 0.1) is 0 Å². The Bertz CT molecular complexity index is 840. The summed E-state index contributed by atoms with van der Waals surface area (Å²) < 4.78 is 2.08. The Morgan fingerprint density at radius 1 is 1.12 bits per heavy atom. The Labute approximate surface area is 151 Å². The number of allylic oxidation sites excluding steroid dienone is 1. The van der Waals surface area contributed by atoms with Gasteiger partial charge in [-0.1, -0.05) is 77.5 Å². The Hall–Kier alpha value is -2.04. The van der Waals surface area contributed by atoms with Crippen molar-refractivity contribution >= 4 is 23.4 Å². The van der Waals surface area contributed by atoms with E-state index < -0.39 is 0 Å². The maximum Gasteiger partial charge on any atom is 0.192 e. The summed E-state index contributed by atoms with van der Waals surface area (Å²) in [6.45, 7) is 6.59. The van der Waals surface area contributed by atoms with Crippen LogP contribution in [0.1, 0.15) is 11.1 Å². The third-order valence-electron chi connectivity index (χ3n) is 3.65. The van der Waals surface area contributed by atoms with Crippen LogP contribution in [0.3, 0.4) is 0 Å². The predicted molar refractivity (Wildman–Crippen MR) is 101 cm³/mol. The molecule has 2 aromatic carbocycles. The molecule has 0 aliphatic heterocycles. The van der Waals surface area contributed by atoms with E-state index in [2.05, 4.69) is 52.5 Å². The predicted octanol–water partition coefficient (Wildman–Crippen LogP) is 5.39. The molecular formula is C19H18ClN3S. The van der Waals surface area contributed by atoms with Crippen LogP contribution in [0.2, 0.25) is 5.02 Å². The second-order valence-corrected chi connectivity index (χ2v) is 6.80. The fourth-order valence-electron chi connectivity index (χ4n) is 2.36. The lowest BCUT2D eigenvalue weighted by Crippen LogP contribution is -2.00. The number of aryl methyl sites for hydroxylation is 1. The first-order valence-corrected chi connectivity index (χ1v) is 9.02. The highest BCUT2D eigenvalue weighted by Gasteiger charge is 2.14. The van der Waals surface area contributed by atoms with Crippen LogP contribution < -0.4 is 0 Å². The molecule has 1 aromatic heterocycles. The second kappa shape index (κ2) is 7.69. The molecule has 0 fully saturated rings. The summed E-state index contributed by atoms with van der Waals surface area (Å²) >= 11 is 7.87. The zero-order chi connectivity index (χ0) is 16.9. The molecule has 3 nitrogen and oxygen atoms in total. The molecule has 3 aromatic rings. The van der Waals surface area contributed by atoms with Gasteiger partial charge >= 0.3 is 0 Å². The van der Waals surface area contributed by atoms with E-state index in [4.69, 9.17) is 11.6 Å². The van der Waals surface area contributed by atoms with Crippen molar-refractivity contribution in [2.45, 2.75) is 24.4 Å². The molecule has 0 bridgehead atoms. The number of nitrogens with zero attached hydrogens (tertiary/aromatic N) is 3. The molecule has 122 valence electrons. The van der Waals surface area contributed by atoms with Gasteiger partial charge < -0.3 is 0 Å². The van der Waals surface area contributed by atoms with Crippen LogP contribution in [0.25, 0.3) is 11.4 Å². The Morgan fingerprint density at radius 3 is 2.58 bits per heavy atom. The van der Waals surface area contributed by atoms with Crippen molar-refractivity contribution in [2.24, 2.45) is 0 Å². The van der Waals surface area contributed by atoms with Crippen molar-refractivity contribution in [1.82, 2.24) is 14.8 Å². The van der Waals surface area contributed by atoms with Crippen LogP contribution in [-0.2, 0) is 12.3 Å². The summed E-state index contributed by atoms with van der Waals surface area (Å²) in [4.78, 5) is 0. The minimum Gasteiger partial charge on any atom is -0.298 e. The van der Waals surface area contributed by atoms with Crippen molar-refractivity contribution in [3.05, 3.63) is 77.3 Å². The molecule has 5 heteroatoms. The Kier molecular flexibility index (Phi) is 5.38. The van der Waals surface area contributed by atoms with Gasteiger partial charge in [-0.15, -0.1) is 16.8 Å². The van der Waals surface area contributed by atoms with Crippen LogP contribution in [0, 0.1) is 6.92 Å². The minimum atomic E-state index is 0.668. The molecule has 24 heavy (non-hydrogen) atoms. The SMILES string of the molecule is C=CCn1c(SCc2ccccc2Cl)nnc1-c1ccc(C)cc1. The van der Waals surface area contributed by atoms with Crippen molar-refractivity contribution in [2.75, 3.05) is 0 Å². The molecule has 0 saturated carbocycles. The van der Waals surface area contributed by atoms with Crippen LogP contribution in [0.4, 0.5) is 0 Å². The molecule has 0 aliphatic carbocycles. The first-order valence-electron chi connectivity index (χ1n) is 7.66. The van der Waals surface area contributed by atoms with Crippen LogP contribution in [-0.4, -0.2) is 14.8 Å². The van der Waals surface area contributed by atoms with E-state index >= 15 is 0 Å². The van der Waals surface area contributed by atoms with E-state index in [0.717, 1.165) is 32.9 Å². The summed E-state index contributed by atoms with van der Waals surface area (Å²) in [5.74, 6) is 1.61. The third-order valence-corrected chi connectivity index (χ3v) is 5.04. The number of aromatic nitrogens is 3. The zero-order valence-electron chi connectivity index (χ0n) is 13.4. The summed E-state index contributed by atoms with van der Waals surface area (Å²) in [5.41, 5.74) is 3.37. The molecule has 0 saturated heterocycles. The molecular weight excluding hydrogens is 338 g/mol. The van der Waals surface area contributed by atoms with Gasteiger partial charge in [0, 0.05) is 22.9 Å². The first kappa shape index (κ1) is 16.8. The van der Waals surface area contributed by atoms with E-state index in [-0.39, 0.29) is 0 Å². The van der Waals surface area contributed by atoms with Gasteiger partial charge in [0.1, 0.15) is 0 Å². The summed E-state index contributed by atoms with van der Waals surface area (Å²) in [5, 5.41) is 10.4. The molecule has 0 atom stereocenters. The van der Waals surface area contributed by atoms with Crippen molar-refractivity contribution in [1.29, 1.82) is 0 Å². The number of hydrogen-bond donors (Lipinski definition) is 0. The summed E-state index contributed by atoms with van der Waals surface area (Å²) in [6, 6.07) is 16.2. The minimum absolute atomic E-state index is 0.668. The lowest BCUT2D eigenvalue weighted by molar-refractivity contribution is 0.731. The van der Waals surface area contributed by atoms with E-state index in [1.54, 1.807) is 11.8 Å². The number of halogens is 1. The van der Waals surface area contributed by atoms with Crippen molar-refractivity contribution in [3.8, 4) is 11.4 Å². The summed E-state index contributed by atoms with van der Waals surface area (Å²) in [7, 11) is 0. The lowest BCUT2D eigenvalue weighted by Gasteiger charge is -2.08. The van der Waals surface area contributed by atoms with Gasteiger partial charge in [0.25, 0.3) is 0 Å². The highest BCUT2D eigenvalue weighted by atomic mass is 35.5. The Morgan fingerprint density at radius 2 is 1.88 bits per heavy atom. The van der Waals surface area contributed by atoms with E-state index in [1.807, 2.05) is 30.3 Å². The average molecular weight is 356 g/mol. The average Bonchev–Trinajstić information content (AvgIpc) is 2.98. The molecule has 0 unspecified atom stereocenters.